The minimum absolute atomic E-state index is 0.248. The largest absolute Gasteiger partial charge is 0.463 e. The molecule has 0 amide bonds. The number of aromatic nitrogens is 2. The van der Waals surface area contributed by atoms with E-state index in [1.165, 1.54) is 17.8 Å². The van der Waals surface area contributed by atoms with Crippen molar-refractivity contribution >= 4 is 29.6 Å². The van der Waals surface area contributed by atoms with E-state index in [2.05, 4.69) is 15.3 Å². The molecule has 0 radical (unpaired) electrons. The van der Waals surface area contributed by atoms with Crippen LogP contribution in [0.1, 0.15) is 45.6 Å². The van der Waals surface area contributed by atoms with Crippen molar-refractivity contribution in [1.82, 2.24) is 9.97 Å². The molecule has 0 aliphatic rings. The van der Waals surface area contributed by atoms with Crippen molar-refractivity contribution in [2.24, 2.45) is 0 Å². The van der Waals surface area contributed by atoms with Crippen molar-refractivity contribution in [3.8, 4) is 0 Å². The Morgan fingerprint density at radius 2 is 2.04 bits per heavy atom. The lowest BCUT2D eigenvalue weighted by atomic mass is 10.2. The fourth-order valence-electron chi connectivity index (χ4n) is 2.15. The molecule has 0 spiro atoms. The van der Waals surface area contributed by atoms with E-state index in [9.17, 15) is 4.79 Å². The first kappa shape index (κ1) is 23.4. The van der Waals surface area contributed by atoms with Gasteiger partial charge in [-0.25, -0.2) is 14.8 Å². The van der Waals surface area contributed by atoms with E-state index in [1.54, 1.807) is 12.3 Å². The van der Waals surface area contributed by atoms with Crippen LogP contribution in [0, 0.1) is 0 Å². The molecule has 8 heteroatoms. The summed E-state index contributed by atoms with van der Waals surface area (Å²) in [4.78, 5) is 20.5. The number of rotatable bonds is 14. The van der Waals surface area contributed by atoms with Gasteiger partial charge in [-0.05, 0) is 32.6 Å². The van der Waals surface area contributed by atoms with Gasteiger partial charge in [-0.15, -0.1) is 0 Å². The minimum Gasteiger partial charge on any atom is -0.463 e. The Bertz CT molecular complexity index is 578. The molecule has 1 N–H and O–H groups in total. The van der Waals surface area contributed by atoms with Crippen LogP contribution in [0.2, 0.25) is 0 Å². The zero-order valence-corrected chi connectivity index (χ0v) is 17.5. The molecule has 1 rings (SSSR count). The Kier molecular flexibility index (Phi) is 12.5. The zero-order valence-electron chi connectivity index (χ0n) is 16.7. The number of carbonyl (C=O) groups is 1. The molecular formula is C19H31N3O4S. The Hall–Kier alpha value is -1.64. The summed E-state index contributed by atoms with van der Waals surface area (Å²) in [5.41, 5.74) is 0.726. The number of esters is 1. The Balaban J connectivity index is 2.71. The monoisotopic (exact) mass is 397 g/mol. The summed E-state index contributed by atoms with van der Waals surface area (Å²) in [6.07, 6.45) is 8.97. The van der Waals surface area contributed by atoms with Crippen LogP contribution >= 0.6 is 11.8 Å². The van der Waals surface area contributed by atoms with E-state index >= 15 is 0 Å². The molecule has 1 aromatic heterocycles. The second kappa shape index (κ2) is 14.4. The number of hydrogen-bond donors (Lipinski definition) is 1. The first-order valence-corrected chi connectivity index (χ1v) is 10.6. The number of thioether (sulfide) groups is 1. The highest BCUT2D eigenvalue weighted by Gasteiger charge is 2.10. The zero-order chi connectivity index (χ0) is 19.9. The number of ether oxygens (including phenoxy) is 3. The van der Waals surface area contributed by atoms with Gasteiger partial charge in [0, 0.05) is 44.0 Å². The fourth-order valence-corrected chi connectivity index (χ4v) is 2.50. The number of nitrogens with zero attached hydrogens (tertiary/aromatic N) is 2. The number of anilines is 1. The third-order valence-electron chi connectivity index (χ3n) is 3.50. The maximum Gasteiger partial charge on any atom is 0.330 e. The van der Waals surface area contributed by atoms with E-state index in [0.29, 0.717) is 43.8 Å². The fraction of sp³-hybridized carbons (Fsp3) is 0.632. The molecule has 0 bridgehead atoms. The van der Waals surface area contributed by atoms with Gasteiger partial charge in [0.25, 0.3) is 0 Å². The average Bonchev–Trinajstić information content (AvgIpc) is 2.67. The van der Waals surface area contributed by atoms with Gasteiger partial charge in [-0.1, -0.05) is 25.1 Å². The molecule has 0 saturated heterocycles. The SMILES string of the molecule is CCCCOC(=O)/C=C/c1cnc(SC)nc1NCCC(OCC)OCC. The summed E-state index contributed by atoms with van der Waals surface area (Å²) >= 11 is 1.46. The standard InChI is InChI=1S/C19H31N3O4S/c1-5-8-13-26-16(23)10-9-15-14-21-19(27-4)22-18(15)20-12-11-17(24-6-2)25-7-3/h9-10,14,17H,5-8,11-13H2,1-4H3,(H,20,21,22)/b10-9+. The minimum atomic E-state index is -0.365. The Morgan fingerprint density at radius 1 is 1.30 bits per heavy atom. The average molecular weight is 398 g/mol. The molecule has 0 unspecified atom stereocenters. The molecule has 27 heavy (non-hydrogen) atoms. The van der Waals surface area contributed by atoms with Crippen molar-refractivity contribution in [3.05, 3.63) is 17.8 Å². The predicted octanol–water partition coefficient (Wildman–Crippen LogP) is 3.76. The van der Waals surface area contributed by atoms with Crippen LogP contribution in [-0.2, 0) is 19.0 Å². The van der Waals surface area contributed by atoms with Crippen molar-refractivity contribution in [2.45, 2.75) is 51.5 Å². The number of carbonyl (C=O) groups excluding carboxylic acids is 1. The smallest absolute Gasteiger partial charge is 0.330 e. The van der Waals surface area contributed by atoms with Gasteiger partial charge in [-0.2, -0.15) is 0 Å². The van der Waals surface area contributed by atoms with Gasteiger partial charge >= 0.3 is 5.97 Å². The third kappa shape index (κ3) is 9.74. The number of unbranched alkanes of at least 4 members (excludes halogenated alkanes) is 1. The topological polar surface area (TPSA) is 82.6 Å². The van der Waals surface area contributed by atoms with Crippen molar-refractivity contribution < 1.29 is 19.0 Å². The number of nitrogens with one attached hydrogen (secondary N) is 1. The van der Waals surface area contributed by atoms with Crippen LogP contribution in [0.3, 0.4) is 0 Å². The summed E-state index contributed by atoms with van der Waals surface area (Å²) in [7, 11) is 0. The highest BCUT2D eigenvalue weighted by molar-refractivity contribution is 7.98. The first-order chi connectivity index (χ1) is 13.1. The summed E-state index contributed by atoms with van der Waals surface area (Å²) in [6, 6.07) is 0. The lowest BCUT2D eigenvalue weighted by Crippen LogP contribution is -2.21. The van der Waals surface area contributed by atoms with E-state index in [0.717, 1.165) is 18.4 Å². The maximum absolute atomic E-state index is 11.8. The lowest BCUT2D eigenvalue weighted by molar-refractivity contribution is -0.138. The van der Waals surface area contributed by atoms with Gasteiger partial charge in [-0.3, -0.25) is 0 Å². The van der Waals surface area contributed by atoms with Crippen LogP contribution in [0.25, 0.3) is 6.08 Å². The first-order valence-electron chi connectivity index (χ1n) is 9.37. The molecular weight excluding hydrogens is 366 g/mol. The van der Waals surface area contributed by atoms with Gasteiger partial charge in [0.05, 0.1) is 6.61 Å². The summed E-state index contributed by atoms with van der Waals surface area (Å²) < 4.78 is 16.2. The molecule has 0 aromatic carbocycles. The van der Waals surface area contributed by atoms with Crippen LogP contribution in [0.4, 0.5) is 5.82 Å². The molecule has 1 aromatic rings. The molecule has 0 fully saturated rings. The van der Waals surface area contributed by atoms with E-state index < -0.39 is 0 Å². The van der Waals surface area contributed by atoms with E-state index in [-0.39, 0.29) is 12.3 Å². The summed E-state index contributed by atoms with van der Waals surface area (Å²) in [6.45, 7) is 8.19. The van der Waals surface area contributed by atoms with Gasteiger partial charge in [0.2, 0.25) is 0 Å². The third-order valence-corrected chi connectivity index (χ3v) is 4.06. The quantitative estimate of drug-likeness (QED) is 0.127. The van der Waals surface area contributed by atoms with Crippen LogP contribution in [-0.4, -0.2) is 54.8 Å². The molecule has 7 nitrogen and oxygen atoms in total. The van der Waals surface area contributed by atoms with Crippen molar-refractivity contribution in [3.63, 3.8) is 0 Å². The second-order valence-corrected chi connectivity index (χ2v) is 6.34. The molecule has 0 aliphatic heterocycles. The summed E-state index contributed by atoms with van der Waals surface area (Å²) in [5, 5.41) is 3.94. The Morgan fingerprint density at radius 3 is 2.67 bits per heavy atom. The van der Waals surface area contributed by atoms with Crippen molar-refractivity contribution in [1.29, 1.82) is 0 Å². The maximum atomic E-state index is 11.8. The van der Waals surface area contributed by atoms with Crippen LogP contribution in [0.15, 0.2) is 17.4 Å². The van der Waals surface area contributed by atoms with Gasteiger partial charge in [0.15, 0.2) is 11.4 Å². The van der Waals surface area contributed by atoms with Crippen molar-refractivity contribution in [2.75, 3.05) is 37.9 Å². The highest BCUT2D eigenvalue weighted by Crippen LogP contribution is 2.18. The van der Waals surface area contributed by atoms with Crippen LogP contribution < -0.4 is 5.32 Å². The van der Waals surface area contributed by atoms with E-state index in [4.69, 9.17) is 14.2 Å². The molecule has 1 heterocycles. The molecule has 0 atom stereocenters. The molecule has 0 saturated carbocycles. The van der Waals surface area contributed by atoms with Crippen LogP contribution in [0.5, 0.6) is 0 Å². The van der Waals surface area contributed by atoms with Gasteiger partial charge in [0.1, 0.15) is 5.82 Å². The highest BCUT2D eigenvalue weighted by atomic mass is 32.2. The molecule has 152 valence electrons. The Labute approximate surface area is 166 Å². The molecule has 0 aliphatic carbocycles. The summed E-state index contributed by atoms with van der Waals surface area (Å²) in [5.74, 6) is 0.301. The lowest BCUT2D eigenvalue weighted by Gasteiger charge is -2.17. The van der Waals surface area contributed by atoms with Gasteiger partial charge < -0.3 is 19.5 Å². The predicted molar refractivity (Wildman–Crippen MR) is 109 cm³/mol. The second-order valence-electron chi connectivity index (χ2n) is 5.57. The normalized spacial score (nSPS) is 11.3. The van der Waals surface area contributed by atoms with E-state index in [1.807, 2.05) is 27.0 Å². The number of hydrogen-bond acceptors (Lipinski definition) is 8.